The molecule has 0 saturated heterocycles. The lowest BCUT2D eigenvalue weighted by atomic mass is 10.2. The Morgan fingerprint density at radius 2 is 1.96 bits per heavy atom. The Morgan fingerprint density at radius 1 is 1.20 bits per heavy atom. The average molecular weight is 338 g/mol. The number of rotatable bonds is 6. The maximum absolute atomic E-state index is 11.6. The average Bonchev–Trinajstić information content (AvgIpc) is 3.10. The second-order valence-electron chi connectivity index (χ2n) is 5.87. The number of nitrogens with one attached hydrogen (secondary N) is 4. The summed E-state index contributed by atoms with van der Waals surface area (Å²) in [5, 5.41) is 10.2. The van der Waals surface area contributed by atoms with E-state index in [4.69, 9.17) is 0 Å². The maximum atomic E-state index is 11.6. The summed E-state index contributed by atoms with van der Waals surface area (Å²) in [6, 6.07) is 9.44. The minimum Gasteiger partial charge on any atom is -0.367 e. The molecule has 0 radical (unpaired) electrons. The van der Waals surface area contributed by atoms with Gasteiger partial charge in [-0.05, 0) is 43.7 Å². The molecule has 7 heteroatoms. The van der Waals surface area contributed by atoms with Crippen molar-refractivity contribution in [3.05, 3.63) is 42.1 Å². The fraction of sp³-hybridized carbons (Fsp3) is 0.278. The van der Waals surface area contributed by atoms with Crippen LogP contribution in [0.1, 0.15) is 30.6 Å². The molecule has 0 unspecified atom stereocenters. The van der Waals surface area contributed by atoms with Crippen LogP contribution in [0.5, 0.6) is 0 Å². The number of aromatic nitrogens is 3. The van der Waals surface area contributed by atoms with Gasteiger partial charge in [-0.15, -0.1) is 0 Å². The largest absolute Gasteiger partial charge is 0.367 e. The number of nitrogens with zero attached hydrogens (tertiary/aromatic N) is 2. The van der Waals surface area contributed by atoms with Crippen LogP contribution in [0.2, 0.25) is 0 Å². The van der Waals surface area contributed by atoms with Gasteiger partial charge in [0.15, 0.2) is 0 Å². The normalized spacial score (nSPS) is 12.0. The van der Waals surface area contributed by atoms with E-state index in [2.05, 4.69) is 44.7 Å². The van der Waals surface area contributed by atoms with Crippen molar-refractivity contribution >= 4 is 34.4 Å². The van der Waals surface area contributed by atoms with Gasteiger partial charge in [0, 0.05) is 30.5 Å². The predicted molar refractivity (Wildman–Crippen MR) is 100 cm³/mol. The van der Waals surface area contributed by atoms with Crippen LogP contribution >= 0.6 is 0 Å². The van der Waals surface area contributed by atoms with Gasteiger partial charge < -0.3 is 20.9 Å². The van der Waals surface area contributed by atoms with E-state index in [1.165, 1.54) is 0 Å². The summed E-state index contributed by atoms with van der Waals surface area (Å²) < 4.78 is 0. The van der Waals surface area contributed by atoms with Crippen molar-refractivity contribution in [2.45, 2.75) is 26.3 Å². The molecule has 3 aromatic rings. The third kappa shape index (κ3) is 3.71. The first-order valence-electron chi connectivity index (χ1n) is 8.31. The number of hydrogen-bond acceptors (Lipinski definition) is 5. The Hall–Kier alpha value is -3.09. The molecule has 7 nitrogen and oxygen atoms in total. The first kappa shape index (κ1) is 16.8. The summed E-state index contributed by atoms with van der Waals surface area (Å²) >= 11 is 0. The number of amides is 1. The summed E-state index contributed by atoms with van der Waals surface area (Å²) in [6.07, 6.45) is 2.85. The molecule has 1 amide bonds. The second kappa shape index (κ2) is 7.21. The summed E-state index contributed by atoms with van der Waals surface area (Å²) in [4.78, 5) is 23.8. The Labute approximate surface area is 146 Å². The molecule has 4 N–H and O–H groups in total. The highest BCUT2D eigenvalue weighted by Crippen LogP contribution is 2.24. The zero-order valence-corrected chi connectivity index (χ0v) is 14.6. The van der Waals surface area contributed by atoms with Crippen molar-refractivity contribution in [1.29, 1.82) is 0 Å². The molecule has 1 aromatic carbocycles. The van der Waals surface area contributed by atoms with Crippen LogP contribution in [0, 0.1) is 0 Å². The highest BCUT2D eigenvalue weighted by Gasteiger charge is 2.11. The van der Waals surface area contributed by atoms with Crippen LogP contribution in [0.25, 0.3) is 11.0 Å². The Morgan fingerprint density at radius 3 is 2.64 bits per heavy atom. The first-order valence-corrected chi connectivity index (χ1v) is 8.31. The Bertz CT molecular complexity index is 871. The SMILES string of the molecule is CC[C@@H](C)Nc1nc(Nc2ccc(C(=O)NC)cc2)nc2[nH]ccc12. The van der Waals surface area contributed by atoms with Crippen molar-refractivity contribution < 1.29 is 4.79 Å². The summed E-state index contributed by atoms with van der Waals surface area (Å²) in [5.74, 6) is 1.18. The number of benzene rings is 1. The number of carbonyl (C=O) groups excluding carboxylic acids is 1. The molecule has 130 valence electrons. The molecular formula is C18H22N6O. The molecule has 0 bridgehead atoms. The van der Waals surface area contributed by atoms with Crippen molar-refractivity contribution in [2.24, 2.45) is 0 Å². The van der Waals surface area contributed by atoms with Gasteiger partial charge in [-0.2, -0.15) is 9.97 Å². The summed E-state index contributed by atoms with van der Waals surface area (Å²) in [5.41, 5.74) is 2.19. The van der Waals surface area contributed by atoms with Crippen LogP contribution in [-0.4, -0.2) is 33.9 Å². The monoisotopic (exact) mass is 338 g/mol. The minimum atomic E-state index is -0.115. The predicted octanol–water partition coefficient (Wildman–Crippen LogP) is 3.27. The lowest BCUT2D eigenvalue weighted by molar-refractivity contribution is 0.0963. The van der Waals surface area contributed by atoms with Gasteiger partial charge in [0.25, 0.3) is 5.91 Å². The van der Waals surface area contributed by atoms with Gasteiger partial charge in [-0.25, -0.2) is 0 Å². The number of anilines is 3. The smallest absolute Gasteiger partial charge is 0.251 e. The van der Waals surface area contributed by atoms with Gasteiger partial charge >= 0.3 is 0 Å². The van der Waals surface area contributed by atoms with Crippen molar-refractivity contribution in [3.63, 3.8) is 0 Å². The molecule has 0 saturated carbocycles. The minimum absolute atomic E-state index is 0.115. The number of carbonyl (C=O) groups is 1. The molecule has 0 aliphatic carbocycles. The van der Waals surface area contributed by atoms with Gasteiger partial charge in [0.05, 0.1) is 5.39 Å². The van der Waals surface area contributed by atoms with E-state index in [1.54, 1.807) is 19.2 Å². The standard InChI is InChI=1S/C18H22N6O/c1-4-11(2)21-16-14-9-10-20-15(14)23-18(24-16)22-13-7-5-12(6-8-13)17(25)19-3/h5-11H,4H2,1-3H3,(H,19,25)(H3,20,21,22,23,24)/t11-/m1/s1. The second-order valence-corrected chi connectivity index (χ2v) is 5.87. The van der Waals surface area contributed by atoms with Crippen molar-refractivity contribution in [3.8, 4) is 0 Å². The van der Waals surface area contributed by atoms with Crippen LogP contribution in [0.15, 0.2) is 36.5 Å². The van der Waals surface area contributed by atoms with Gasteiger partial charge in [0.2, 0.25) is 5.95 Å². The van der Waals surface area contributed by atoms with Gasteiger partial charge in [-0.3, -0.25) is 4.79 Å². The third-order valence-corrected chi connectivity index (χ3v) is 4.04. The fourth-order valence-corrected chi connectivity index (χ4v) is 2.42. The summed E-state index contributed by atoms with van der Waals surface area (Å²) in [7, 11) is 1.61. The highest BCUT2D eigenvalue weighted by molar-refractivity contribution is 5.94. The van der Waals surface area contributed by atoms with E-state index in [0.29, 0.717) is 17.6 Å². The molecule has 2 heterocycles. The molecule has 0 fully saturated rings. The Kier molecular flexibility index (Phi) is 4.83. The summed E-state index contributed by atoms with van der Waals surface area (Å²) in [6.45, 7) is 4.24. The molecule has 2 aromatic heterocycles. The molecule has 3 rings (SSSR count). The zero-order chi connectivity index (χ0) is 17.8. The zero-order valence-electron chi connectivity index (χ0n) is 14.6. The van der Waals surface area contributed by atoms with Crippen LogP contribution in [0.4, 0.5) is 17.5 Å². The molecule has 0 aliphatic rings. The van der Waals surface area contributed by atoms with Crippen LogP contribution < -0.4 is 16.0 Å². The Balaban J connectivity index is 1.87. The fourth-order valence-electron chi connectivity index (χ4n) is 2.42. The van der Waals surface area contributed by atoms with E-state index < -0.39 is 0 Å². The lowest BCUT2D eigenvalue weighted by Gasteiger charge is -2.14. The van der Waals surface area contributed by atoms with E-state index >= 15 is 0 Å². The number of aromatic amines is 1. The third-order valence-electron chi connectivity index (χ3n) is 4.04. The van der Waals surface area contributed by atoms with E-state index in [-0.39, 0.29) is 5.91 Å². The van der Waals surface area contributed by atoms with Crippen molar-refractivity contribution in [1.82, 2.24) is 20.3 Å². The highest BCUT2D eigenvalue weighted by atomic mass is 16.1. The maximum Gasteiger partial charge on any atom is 0.251 e. The molecule has 1 atom stereocenters. The van der Waals surface area contributed by atoms with Gasteiger partial charge in [0.1, 0.15) is 11.5 Å². The molecule has 0 spiro atoms. The van der Waals surface area contributed by atoms with E-state index in [9.17, 15) is 4.79 Å². The first-order chi connectivity index (χ1) is 12.1. The number of fused-ring (bicyclic) bond motifs is 1. The lowest BCUT2D eigenvalue weighted by Crippen LogP contribution is -2.17. The quantitative estimate of drug-likeness (QED) is 0.553. The topological polar surface area (TPSA) is 94.7 Å². The van der Waals surface area contributed by atoms with E-state index in [1.807, 2.05) is 24.4 Å². The molecule has 25 heavy (non-hydrogen) atoms. The molecular weight excluding hydrogens is 316 g/mol. The number of hydrogen-bond donors (Lipinski definition) is 4. The molecule has 0 aliphatic heterocycles. The van der Waals surface area contributed by atoms with Crippen molar-refractivity contribution in [2.75, 3.05) is 17.7 Å². The van der Waals surface area contributed by atoms with Crippen LogP contribution in [-0.2, 0) is 0 Å². The van der Waals surface area contributed by atoms with Gasteiger partial charge in [-0.1, -0.05) is 6.92 Å². The van der Waals surface area contributed by atoms with E-state index in [0.717, 1.165) is 29.0 Å². The van der Waals surface area contributed by atoms with Crippen LogP contribution in [0.3, 0.4) is 0 Å². The number of H-pyrrole nitrogens is 1.